The van der Waals surface area contributed by atoms with Crippen LogP contribution in [0, 0.1) is 0 Å². The Morgan fingerprint density at radius 2 is 1.04 bits per heavy atom. The molecular weight excluding hydrogens is 371 g/mol. The van der Waals surface area contributed by atoms with Gasteiger partial charge < -0.3 is 9.39 Å². The molecule has 0 heterocycles. The van der Waals surface area contributed by atoms with E-state index in [0.29, 0.717) is 6.61 Å². The molecule has 0 aromatic heterocycles. The first kappa shape index (κ1) is 36.9. The second-order valence-corrected chi connectivity index (χ2v) is 6.07. The van der Waals surface area contributed by atoms with E-state index in [1.807, 2.05) is 0 Å². The average Bonchev–Trinajstić information content (AvgIpc) is 2.36. The standard InChI is InChI=1S/C12H26O.3Na.O5P2.3H/c1-2-3-4-5-6-7-8-9-10-11-12-13;;;;1-6(2)5-7(3)4;;;/h13H,2-12H2,1H3;;;;;;;/q;3*+1;;3*-1/p+2. The Kier molecular flexibility index (Phi) is 52.4. The number of rotatable bonds is 12. The maximum absolute atomic E-state index is 9.39. The van der Waals surface area contributed by atoms with E-state index in [1.165, 1.54) is 57.8 Å². The molecular formula is C12H31Na3O6P2+2. The molecule has 0 saturated carbocycles. The first-order valence-electron chi connectivity index (χ1n) is 7.15. The zero-order valence-corrected chi connectivity index (χ0v) is 23.0. The third kappa shape index (κ3) is 45.8. The molecule has 126 valence electrons. The molecule has 0 aromatic carbocycles. The van der Waals surface area contributed by atoms with Crippen molar-refractivity contribution in [3.05, 3.63) is 0 Å². The minimum absolute atomic E-state index is 0. The fourth-order valence-corrected chi connectivity index (χ4v) is 2.14. The number of unbranched alkanes of at least 4 members (excludes halogenated alkanes) is 9. The quantitative estimate of drug-likeness (QED) is 0.173. The van der Waals surface area contributed by atoms with Gasteiger partial charge in [0, 0.05) is 15.7 Å². The summed E-state index contributed by atoms with van der Waals surface area (Å²) in [4.78, 5) is 15.3. The van der Waals surface area contributed by atoms with Crippen LogP contribution in [0.2, 0.25) is 0 Å². The zero-order valence-electron chi connectivity index (χ0n) is 18.2. The Morgan fingerprint density at radius 3 is 1.26 bits per heavy atom. The largest absolute Gasteiger partial charge is 1.00 e. The van der Waals surface area contributed by atoms with Crippen molar-refractivity contribution in [2.75, 3.05) is 6.61 Å². The van der Waals surface area contributed by atoms with Gasteiger partial charge in [0.15, 0.2) is 4.31 Å². The summed E-state index contributed by atoms with van der Waals surface area (Å²) in [6.07, 6.45) is 13.3. The van der Waals surface area contributed by atoms with Gasteiger partial charge in [0.05, 0.1) is 0 Å². The van der Waals surface area contributed by atoms with Crippen molar-refractivity contribution in [2.24, 2.45) is 0 Å². The molecule has 0 rings (SSSR count). The summed E-state index contributed by atoms with van der Waals surface area (Å²) < 4.78 is 22.2. The van der Waals surface area contributed by atoms with Gasteiger partial charge in [-0.1, -0.05) is 64.7 Å². The molecule has 0 aliphatic rings. The van der Waals surface area contributed by atoms with Gasteiger partial charge in [-0.25, -0.2) is 0 Å². The van der Waals surface area contributed by atoms with Crippen LogP contribution in [-0.2, 0) is 13.4 Å². The molecule has 0 bridgehead atoms. The molecule has 0 aliphatic carbocycles. The first-order valence-corrected chi connectivity index (χ1v) is 9.41. The van der Waals surface area contributed by atoms with E-state index in [-0.39, 0.29) is 93.0 Å². The maximum Gasteiger partial charge on any atom is 1.00 e. The van der Waals surface area contributed by atoms with Gasteiger partial charge in [0.25, 0.3) is 0 Å². The second kappa shape index (κ2) is 32.7. The number of aliphatic hydroxyl groups excluding tert-OH is 1. The van der Waals surface area contributed by atoms with E-state index in [1.54, 1.807) is 0 Å². The summed E-state index contributed by atoms with van der Waals surface area (Å²) in [7, 11) is -5.85. The first-order chi connectivity index (χ1) is 9.54. The van der Waals surface area contributed by atoms with E-state index >= 15 is 0 Å². The summed E-state index contributed by atoms with van der Waals surface area (Å²) in [5.74, 6) is 0. The smallest absolute Gasteiger partial charge is 1.00 e. The van der Waals surface area contributed by atoms with Crippen molar-refractivity contribution in [3.63, 3.8) is 0 Å². The SMILES string of the molecule is CCCCCCCCCCCCO.O=[P+](O)O[P+](=O)O.[H-].[H-].[H-].[Na+].[Na+].[Na+]. The Balaban J connectivity index is -0.0000000372. The molecule has 11 heteroatoms. The number of hydrogen-bond acceptors (Lipinski definition) is 4. The van der Waals surface area contributed by atoms with Crippen molar-refractivity contribution >= 4 is 16.5 Å². The van der Waals surface area contributed by atoms with Crippen LogP contribution in [0.25, 0.3) is 0 Å². The summed E-state index contributed by atoms with van der Waals surface area (Å²) in [5, 5.41) is 8.57. The minimum Gasteiger partial charge on any atom is -1.00 e. The van der Waals surface area contributed by atoms with E-state index < -0.39 is 16.5 Å². The van der Waals surface area contributed by atoms with Crippen molar-refractivity contribution < 1.29 is 121 Å². The minimum atomic E-state index is -2.92. The number of aliphatic hydroxyl groups is 1. The third-order valence-corrected chi connectivity index (χ3v) is 3.77. The second-order valence-electron chi connectivity index (χ2n) is 4.46. The van der Waals surface area contributed by atoms with E-state index in [9.17, 15) is 9.13 Å². The molecule has 0 radical (unpaired) electrons. The summed E-state index contributed by atoms with van der Waals surface area (Å²) in [6.45, 7) is 2.63. The van der Waals surface area contributed by atoms with Gasteiger partial charge in [-0.15, -0.1) is 9.79 Å². The Morgan fingerprint density at radius 1 is 0.739 bits per heavy atom. The van der Waals surface area contributed by atoms with E-state index in [4.69, 9.17) is 14.9 Å². The van der Waals surface area contributed by atoms with Crippen molar-refractivity contribution in [1.82, 2.24) is 0 Å². The maximum atomic E-state index is 9.39. The van der Waals surface area contributed by atoms with Crippen molar-refractivity contribution in [2.45, 2.75) is 71.1 Å². The Hall–Kier alpha value is 3.04. The van der Waals surface area contributed by atoms with E-state index in [2.05, 4.69) is 11.2 Å². The van der Waals surface area contributed by atoms with E-state index in [0.717, 1.165) is 6.42 Å². The average molecular weight is 402 g/mol. The fourth-order valence-electron chi connectivity index (χ4n) is 1.66. The molecule has 23 heavy (non-hydrogen) atoms. The van der Waals surface area contributed by atoms with Crippen LogP contribution < -0.4 is 88.7 Å². The fraction of sp³-hybridized carbons (Fsp3) is 1.00. The molecule has 3 N–H and O–H groups in total. The van der Waals surface area contributed by atoms with Crippen molar-refractivity contribution in [3.8, 4) is 0 Å². The summed E-state index contributed by atoms with van der Waals surface area (Å²) in [5.41, 5.74) is 0. The van der Waals surface area contributed by atoms with Crippen LogP contribution in [-0.4, -0.2) is 21.5 Å². The molecule has 2 unspecified atom stereocenters. The Bertz CT molecular complexity index is 242. The topological polar surface area (TPSA) is 104 Å². The van der Waals surface area contributed by atoms with Crippen LogP contribution in [0.5, 0.6) is 0 Å². The molecule has 0 saturated heterocycles. The third-order valence-electron chi connectivity index (χ3n) is 2.65. The molecule has 6 nitrogen and oxygen atoms in total. The van der Waals surface area contributed by atoms with Crippen LogP contribution in [0.4, 0.5) is 0 Å². The molecule has 0 aliphatic heterocycles. The molecule has 0 amide bonds. The molecule has 0 aromatic rings. The molecule has 2 atom stereocenters. The van der Waals surface area contributed by atoms with Gasteiger partial charge in [0.2, 0.25) is 0 Å². The van der Waals surface area contributed by atoms with Gasteiger partial charge in [-0.3, -0.25) is 0 Å². The summed E-state index contributed by atoms with van der Waals surface area (Å²) >= 11 is 0. The van der Waals surface area contributed by atoms with Crippen LogP contribution in [0.3, 0.4) is 0 Å². The van der Waals surface area contributed by atoms with Crippen LogP contribution in [0.15, 0.2) is 0 Å². The predicted molar refractivity (Wildman–Crippen MR) is 83.0 cm³/mol. The normalized spacial score (nSPS) is 10.1. The van der Waals surface area contributed by atoms with Crippen LogP contribution in [0.1, 0.15) is 75.4 Å². The van der Waals surface area contributed by atoms with Gasteiger partial charge in [-0.2, -0.15) is 0 Å². The van der Waals surface area contributed by atoms with Gasteiger partial charge >= 0.3 is 105 Å². The van der Waals surface area contributed by atoms with Crippen molar-refractivity contribution in [1.29, 1.82) is 0 Å². The summed E-state index contributed by atoms with van der Waals surface area (Å²) in [6, 6.07) is 0. The van der Waals surface area contributed by atoms with Gasteiger partial charge in [0.1, 0.15) is 0 Å². The number of hydrogen-bond donors (Lipinski definition) is 3. The zero-order chi connectivity index (χ0) is 15.6. The van der Waals surface area contributed by atoms with Gasteiger partial charge in [-0.05, 0) is 6.42 Å². The molecule has 0 fully saturated rings. The Labute approximate surface area is 213 Å². The monoisotopic (exact) mass is 402 g/mol. The predicted octanol–water partition coefficient (Wildman–Crippen LogP) is -4.45. The van der Waals surface area contributed by atoms with Crippen LogP contribution >= 0.6 is 16.5 Å². The molecule has 0 spiro atoms.